The Morgan fingerprint density at radius 2 is 1.96 bits per heavy atom. The van der Waals surface area contributed by atoms with Gasteiger partial charge < -0.3 is 0 Å². The molecular formula is C17H14F3N5. The second-order valence-electron chi connectivity index (χ2n) is 6.03. The Morgan fingerprint density at radius 3 is 2.52 bits per heavy atom. The molecule has 0 spiro atoms. The maximum Gasteiger partial charge on any atom is 0.433 e. The van der Waals surface area contributed by atoms with Gasteiger partial charge in [0.2, 0.25) is 0 Å². The first kappa shape index (κ1) is 16.9. The molecule has 3 rings (SSSR count). The molecule has 0 aromatic carbocycles. The molecule has 128 valence electrons. The number of fused-ring (bicyclic) bond motifs is 1. The highest BCUT2D eigenvalue weighted by molar-refractivity contribution is 5.80. The summed E-state index contributed by atoms with van der Waals surface area (Å²) in [4.78, 5) is 7.78. The Morgan fingerprint density at radius 1 is 1.20 bits per heavy atom. The van der Waals surface area contributed by atoms with Crippen molar-refractivity contribution in [1.82, 2.24) is 19.7 Å². The molecule has 25 heavy (non-hydrogen) atoms. The highest BCUT2D eigenvalue weighted by atomic mass is 19.4. The third-order valence-corrected chi connectivity index (χ3v) is 3.60. The van der Waals surface area contributed by atoms with Gasteiger partial charge in [-0.25, -0.2) is 14.6 Å². The first-order valence-electron chi connectivity index (χ1n) is 7.62. The number of hydrogen-bond donors (Lipinski definition) is 0. The van der Waals surface area contributed by atoms with Gasteiger partial charge in [0.25, 0.3) is 0 Å². The van der Waals surface area contributed by atoms with Crippen molar-refractivity contribution >= 4 is 11.0 Å². The zero-order valence-electron chi connectivity index (χ0n) is 13.5. The summed E-state index contributed by atoms with van der Waals surface area (Å²) in [6, 6.07) is 7.47. The van der Waals surface area contributed by atoms with Crippen LogP contribution in [0.25, 0.3) is 16.7 Å². The van der Waals surface area contributed by atoms with E-state index < -0.39 is 11.9 Å². The highest BCUT2D eigenvalue weighted by Gasteiger charge is 2.32. The van der Waals surface area contributed by atoms with Crippen LogP contribution in [0.3, 0.4) is 0 Å². The van der Waals surface area contributed by atoms with Gasteiger partial charge >= 0.3 is 6.18 Å². The smallest absolute Gasteiger partial charge is 0.250 e. The average Bonchev–Trinajstić information content (AvgIpc) is 2.91. The first-order chi connectivity index (χ1) is 11.8. The van der Waals surface area contributed by atoms with Gasteiger partial charge in [0.15, 0.2) is 0 Å². The Hall–Kier alpha value is -2.95. The maximum absolute atomic E-state index is 12.7. The molecular weight excluding hydrogens is 331 g/mol. The Labute approximate surface area is 141 Å². The number of pyridine rings is 2. The Bertz CT molecular complexity index is 949. The van der Waals surface area contributed by atoms with Crippen LogP contribution in [-0.2, 0) is 12.6 Å². The molecule has 0 fully saturated rings. The van der Waals surface area contributed by atoms with Crippen molar-refractivity contribution in [3.05, 3.63) is 47.5 Å². The number of aromatic nitrogens is 4. The van der Waals surface area contributed by atoms with Crippen LogP contribution in [0.5, 0.6) is 0 Å². The molecule has 0 bridgehead atoms. The molecule has 3 aromatic rings. The van der Waals surface area contributed by atoms with Crippen LogP contribution < -0.4 is 0 Å². The topological polar surface area (TPSA) is 67.4 Å². The molecule has 0 aliphatic carbocycles. The zero-order chi connectivity index (χ0) is 18.2. The van der Waals surface area contributed by atoms with E-state index in [1.807, 2.05) is 19.9 Å². The molecule has 8 heteroatoms. The quantitative estimate of drug-likeness (QED) is 0.722. The molecule has 0 saturated heterocycles. The largest absolute Gasteiger partial charge is 0.433 e. The summed E-state index contributed by atoms with van der Waals surface area (Å²) < 4.78 is 39.5. The summed E-state index contributed by atoms with van der Waals surface area (Å²) in [7, 11) is 0. The summed E-state index contributed by atoms with van der Waals surface area (Å²) in [5.41, 5.74) is 1.60. The van der Waals surface area contributed by atoms with Gasteiger partial charge in [0.1, 0.15) is 23.0 Å². The molecule has 0 N–H and O–H groups in total. The lowest BCUT2D eigenvalue weighted by molar-refractivity contribution is -0.141. The van der Waals surface area contributed by atoms with Crippen LogP contribution in [0.2, 0.25) is 0 Å². The molecule has 0 amide bonds. The third-order valence-electron chi connectivity index (χ3n) is 3.60. The van der Waals surface area contributed by atoms with Crippen LogP contribution in [-0.4, -0.2) is 19.7 Å². The minimum atomic E-state index is -4.49. The number of nitrogens with zero attached hydrogens (tertiary/aromatic N) is 5. The minimum Gasteiger partial charge on any atom is -0.250 e. The van der Waals surface area contributed by atoms with Crippen molar-refractivity contribution in [2.24, 2.45) is 5.92 Å². The van der Waals surface area contributed by atoms with Crippen molar-refractivity contribution in [3.8, 4) is 11.8 Å². The molecule has 0 saturated carbocycles. The normalized spacial score (nSPS) is 11.9. The molecule has 0 aliphatic heterocycles. The van der Waals surface area contributed by atoms with Crippen molar-refractivity contribution < 1.29 is 13.2 Å². The van der Waals surface area contributed by atoms with Gasteiger partial charge in [-0.2, -0.15) is 23.5 Å². The summed E-state index contributed by atoms with van der Waals surface area (Å²) in [5.74, 6) is 0.310. The van der Waals surface area contributed by atoms with Gasteiger partial charge in [-0.05, 0) is 36.6 Å². The fourth-order valence-electron chi connectivity index (χ4n) is 2.52. The standard InChI is InChI=1S/C17H14F3N5/c1-10(2)7-13-16-14(5-3-11(8-21)23-16)25(24-13)12-4-6-15(22-9-12)17(18,19)20/h3-6,9-10H,7H2,1-2H3. The average molecular weight is 345 g/mol. The van der Waals surface area contributed by atoms with Gasteiger partial charge in [0.05, 0.1) is 23.1 Å². The maximum atomic E-state index is 12.7. The molecule has 3 heterocycles. The Kier molecular flexibility index (Phi) is 4.17. The molecule has 0 atom stereocenters. The lowest BCUT2D eigenvalue weighted by Gasteiger charge is -2.07. The second kappa shape index (κ2) is 6.16. The summed E-state index contributed by atoms with van der Waals surface area (Å²) in [6.45, 7) is 4.05. The van der Waals surface area contributed by atoms with E-state index in [0.29, 0.717) is 34.8 Å². The zero-order valence-corrected chi connectivity index (χ0v) is 13.5. The van der Waals surface area contributed by atoms with Crippen LogP contribution in [0, 0.1) is 17.2 Å². The van der Waals surface area contributed by atoms with E-state index in [1.54, 1.807) is 12.1 Å². The highest BCUT2D eigenvalue weighted by Crippen LogP contribution is 2.28. The van der Waals surface area contributed by atoms with Crippen LogP contribution in [0.1, 0.15) is 30.9 Å². The van der Waals surface area contributed by atoms with E-state index in [1.165, 1.54) is 10.7 Å². The second-order valence-corrected chi connectivity index (χ2v) is 6.03. The number of hydrogen-bond acceptors (Lipinski definition) is 4. The van der Waals surface area contributed by atoms with Crippen molar-refractivity contribution in [3.63, 3.8) is 0 Å². The van der Waals surface area contributed by atoms with E-state index in [2.05, 4.69) is 15.1 Å². The number of halogens is 3. The van der Waals surface area contributed by atoms with Gasteiger partial charge in [0, 0.05) is 0 Å². The molecule has 5 nitrogen and oxygen atoms in total. The summed E-state index contributed by atoms with van der Waals surface area (Å²) >= 11 is 0. The van der Waals surface area contributed by atoms with Gasteiger partial charge in [-0.1, -0.05) is 13.8 Å². The Balaban J connectivity index is 2.14. The SMILES string of the molecule is CC(C)Cc1nn(-c2ccc(C(F)(F)F)nc2)c2ccc(C#N)nc12. The number of nitriles is 1. The third kappa shape index (κ3) is 3.31. The van der Waals surface area contributed by atoms with Crippen LogP contribution in [0.15, 0.2) is 30.5 Å². The number of alkyl halides is 3. The number of rotatable bonds is 3. The van der Waals surface area contributed by atoms with E-state index >= 15 is 0 Å². The van der Waals surface area contributed by atoms with E-state index in [9.17, 15) is 13.2 Å². The van der Waals surface area contributed by atoms with E-state index in [-0.39, 0.29) is 5.69 Å². The van der Waals surface area contributed by atoms with Crippen molar-refractivity contribution in [1.29, 1.82) is 5.26 Å². The van der Waals surface area contributed by atoms with Crippen molar-refractivity contribution in [2.75, 3.05) is 0 Å². The molecule has 0 radical (unpaired) electrons. The monoisotopic (exact) mass is 345 g/mol. The molecule has 3 aromatic heterocycles. The first-order valence-corrected chi connectivity index (χ1v) is 7.62. The fourth-order valence-corrected chi connectivity index (χ4v) is 2.52. The lowest BCUT2D eigenvalue weighted by Crippen LogP contribution is -2.08. The van der Waals surface area contributed by atoms with Gasteiger partial charge in [-0.3, -0.25) is 0 Å². The van der Waals surface area contributed by atoms with Crippen molar-refractivity contribution in [2.45, 2.75) is 26.4 Å². The molecule has 0 unspecified atom stereocenters. The summed E-state index contributed by atoms with van der Waals surface area (Å²) in [5, 5.41) is 13.5. The fraction of sp³-hybridized carbons (Fsp3) is 0.294. The predicted molar refractivity (Wildman–Crippen MR) is 84.9 cm³/mol. The lowest BCUT2D eigenvalue weighted by atomic mass is 10.1. The van der Waals surface area contributed by atoms with E-state index in [0.717, 1.165) is 12.3 Å². The van der Waals surface area contributed by atoms with Gasteiger partial charge in [-0.15, -0.1) is 0 Å². The predicted octanol–water partition coefficient (Wildman–Crippen LogP) is 3.90. The van der Waals surface area contributed by atoms with Crippen LogP contribution >= 0.6 is 0 Å². The molecule has 0 aliphatic rings. The minimum absolute atomic E-state index is 0.266. The van der Waals surface area contributed by atoms with E-state index in [4.69, 9.17) is 5.26 Å². The van der Waals surface area contributed by atoms with Crippen LogP contribution in [0.4, 0.5) is 13.2 Å². The summed E-state index contributed by atoms with van der Waals surface area (Å²) in [6.07, 6.45) is -2.72.